The highest BCUT2D eigenvalue weighted by Crippen LogP contribution is 2.36. The number of hydrogen-bond donors (Lipinski definition) is 1. The number of aryl methyl sites for hydroxylation is 1. The maximum atomic E-state index is 12.7. The fraction of sp³-hybridized carbons (Fsp3) is 0.565. The van der Waals surface area contributed by atoms with E-state index >= 15 is 0 Å². The molecule has 4 heteroatoms. The molecule has 0 bridgehead atoms. The molecule has 0 unspecified atom stereocenters. The lowest BCUT2D eigenvalue weighted by molar-refractivity contribution is -0.119. The molecule has 0 aliphatic heterocycles. The van der Waals surface area contributed by atoms with Crippen LogP contribution in [-0.4, -0.2) is 22.7 Å². The summed E-state index contributed by atoms with van der Waals surface area (Å²) in [5, 5.41) is 4.53. The third-order valence-electron chi connectivity index (χ3n) is 6.52. The molecule has 144 valence electrons. The van der Waals surface area contributed by atoms with Crippen LogP contribution in [0.1, 0.15) is 57.2 Å². The predicted molar refractivity (Wildman–Crippen MR) is 113 cm³/mol. The van der Waals surface area contributed by atoms with Crippen molar-refractivity contribution in [3.8, 4) is 0 Å². The van der Waals surface area contributed by atoms with Crippen LogP contribution in [0.2, 0.25) is 0 Å². The molecule has 1 saturated carbocycles. The average molecular weight is 383 g/mol. The molecule has 2 aromatic rings. The molecule has 3 atom stereocenters. The first-order chi connectivity index (χ1) is 13.1. The fourth-order valence-electron chi connectivity index (χ4n) is 4.67. The summed E-state index contributed by atoms with van der Waals surface area (Å²) in [4.78, 5) is 18.9. The molecule has 4 rings (SSSR count). The summed E-state index contributed by atoms with van der Waals surface area (Å²) in [6.45, 7) is 4.60. The van der Waals surface area contributed by atoms with Crippen molar-refractivity contribution in [1.82, 2.24) is 10.3 Å². The van der Waals surface area contributed by atoms with Crippen LogP contribution in [0.3, 0.4) is 0 Å². The lowest BCUT2D eigenvalue weighted by Gasteiger charge is -2.34. The first-order valence-electron chi connectivity index (χ1n) is 10.5. The van der Waals surface area contributed by atoms with Gasteiger partial charge in [0.2, 0.25) is 5.91 Å². The number of rotatable bonds is 4. The third kappa shape index (κ3) is 4.01. The van der Waals surface area contributed by atoms with E-state index in [0.717, 1.165) is 24.8 Å². The number of nitrogens with zero attached hydrogens (tertiary/aromatic N) is 1. The van der Waals surface area contributed by atoms with E-state index in [4.69, 9.17) is 4.98 Å². The van der Waals surface area contributed by atoms with Gasteiger partial charge in [-0.2, -0.15) is 0 Å². The number of thioether (sulfide) groups is 1. The number of nitrogens with one attached hydrogen (secondary N) is 1. The first-order valence-corrected chi connectivity index (χ1v) is 11.4. The van der Waals surface area contributed by atoms with E-state index in [-0.39, 0.29) is 5.91 Å². The van der Waals surface area contributed by atoms with Crippen molar-refractivity contribution >= 4 is 28.6 Å². The highest BCUT2D eigenvalue weighted by atomic mass is 32.2. The summed E-state index contributed by atoms with van der Waals surface area (Å²) in [5.41, 5.74) is 3.70. The molecule has 1 aromatic heterocycles. The van der Waals surface area contributed by atoms with E-state index in [1.807, 2.05) is 0 Å². The zero-order chi connectivity index (χ0) is 18.8. The predicted octanol–water partition coefficient (Wildman–Crippen LogP) is 5.15. The molecule has 1 N–H and O–H groups in total. The van der Waals surface area contributed by atoms with Gasteiger partial charge in [0, 0.05) is 22.0 Å². The Morgan fingerprint density at radius 1 is 1.15 bits per heavy atom. The van der Waals surface area contributed by atoms with Gasteiger partial charge in [0.25, 0.3) is 0 Å². The fourth-order valence-corrected chi connectivity index (χ4v) is 5.75. The largest absolute Gasteiger partial charge is 0.352 e. The minimum Gasteiger partial charge on any atom is -0.352 e. The molecular weight excluding hydrogens is 352 g/mol. The molecule has 1 heterocycles. The van der Waals surface area contributed by atoms with E-state index in [0.29, 0.717) is 23.6 Å². The Morgan fingerprint density at radius 3 is 2.85 bits per heavy atom. The maximum absolute atomic E-state index is 12.7. The molecule has 0 spiro atoms. The minimum atomic E-state index is 0.177. The van der Waals surface area contributed by atoms with Gasteiger partial charge in [-0.3, -0.25) is 9.78 Å². The van der Waals surface area contributed by atoms with Crippen LogP contribution in [0.5, 0.6) is 0 Å². The molecule has 3 nitrogen and oxygen atoms in total. The quantitative estimate of drug-likeness (QED) is 0.744. The zero-order valence-corrected chi connectivity index (χ0v) is 17.3. The summed E-state index contributed by atoms with van der Waals surface area (Å²) in [6.07, 6.45) is 8.25. The average Bonchev–Trinajstić information content (AvgIpc) is 2.68. The van der Waals surface area contributed by atoms with Gasteiger partial charge in [0.05, 0.1) is 11.3 Å². The summed E-state index contributed by atoms with van der Waals surface area (Å²) in [5.74, 6) is 1.95. The van der Waals surface area contributed by atoms with E-state index in [2.05, 4.69) is 43.4 Å². The summed E-state index contributed by atoms with van der Waals surface area (Å²) < 4.78 is 0. The van der Waals surface area contributed by atoms with Crippen LogP contribution < -0.4 is 5.32 Å². The maximum Gasteiger partial charge on any atom is 0.230 e. The Bertz CT molecular complexity index is 834. The van der Waals surface area contributed by atoms with E-state index in [1.165, 1.54) is 47.2 Å². The van der Waals surface area contributed by atoms with Crippen molar-refractivity contribution in [2.45, 2.75) is 69.7 Å². The monoisotopic (exact) mass is 382 g/mol. The van der Waals surface area contributed by atoms with Gasteiger partial charge in [-0.25, -0.2) is 0 Å². The van der Waals surface area contributed by atoms with E-state index < -0.39 is 0 Å². The number of pyridine rings is 1. The van der Waals surface area contributed by atoms with Crippen molar-refractivity contribution in [3.63, 3.8) is 0 Å². The molecule has 27 heavy (non-hydrogen) atoms. The van der Waals surface area contributed by atoms with Gasteiger partial charge in [-0.1, -0.05) is 44.9 Å². The highest BCUT2D eigenvalue weighted by Gasteiger charge is 2.28. The Hall–Kier alpha value is -1.55. The lowest BCUT2D eigenvalue weighted by Crippen LogP contribution is -2.44. The van der Waals surface area contributed by atoms with Gasteiger partial charge < -0.3 is 5.32 Å². The molecule has 2 aliphatic carbocycles. The molecule has 2 aliphatic rings. The SMILES string of the molecule is C[C@H]1[C@H](C)CCC[C@@H]1NC(=O)CSc1c2c(nc3ccccc13)CCCC2. The summed E-state index contributed by atoms with van der Waals surface area (Å²) in [6, 6.07) is 8.72. The van der Waals surface area contributed by atoms with Crippen molar-refractivity contribution < 1.29 is 4.79 Å². The van der Waals surface area contributed by atoms with Crippen molar-refractivity contribution in [2.75, 3.05) is 5.75 Å². The Labute approximate surface area is 166 Å². The lowest BCUT2D eigenvalue weighted by atomic mass is 9.78. The second-order valence-corrected chi connectivity index (χ2v) is 9.31. The second-order valence-electron chi connectivity index (χ2n) is 8.32. The molecule has 0 saturated heterocycles. The number of hydrogen-bond acceptors (Lipinski definition) is 3. The number of carbonyl (C=O) groups is 1. The number of fused-ring (bicyclic) bond motifs is 2. The summed E-state index contributed by atoms with van der Waals surface area (Å²) in [7, 11) is 0. The normalized spacial score (nSPS) is 25.2. The minimum absolute atomic E-state index is 0.177. The van der Waals surface area contributed by atoms with Gasteiger partial charge in [0.1, 0.15) is 0 Å². The van der Waals surface area contributed by atoms with Crippen LogP contribution >= 0.6 is 11.8 Å². The molecule has 1 amide bonds. The van der Waals surface area contributed by atoms with Crippen LogP contribution in [0.4, 0.5) is 0 Å². The number of benzene rings is 1. The Kier molecular flexibility index (Phi) is 5.72. The topological polar surface area (TPSA) is 42.0 Å². The first kappa shape index (κ1) is 18.8. The highest BCUT2D eigenvalue weighted by molar-refractivity contribution is 8.00. The Morgan fingerprint density at radius 2 is 1.96 bits per heavy atom. The zero-order valence-electron chi connectivity index (χ0n) is 16.5. The number of para-hydroxylation sites is 1. The molecule has 1 fully saturated rings. The second kappa shape index (κ2) is 8.22. The molecule has 0 radical (unpaired) electrons. The molecule has 1 aromatic carbocycles. The van der Waals surface area contributed by atoms with Gasteiger partial charge in [-0.05, 0) is 55.6 Å². The van der Waals surface area contributed by atoms with Crippen LogP contribution in [0, 0.1) is 11.8 Å². The number of aromatic nitrogens is 1. The standard InChI is InChI=1S/C23H30N2OS/c1-15-8-7-13-19(16(15)2)25-22(26)14-27-23-17-9-3-5-11-20(17)24-21-12-6-4-10-18(21)23/h3,5,9,11,15-16,19H,4,6-8,10,12-14H2,1-2H3,(H,25,26)/t15-,16+,19+/m1/s1. The third-order valence-corrected chi connectivity index (χ3v) is 7.68. The van der Waals surface area contributed by atoms with Crippen molar-refractivity contribution in [1.29, 1.82) is 0 Å². The summed E-state index contributed by atoms with van der Waals surface area (Å²) >= 11 is 1.71. The van der Waals surface area contributed by atoms with Crippen molar-refractivity contribution in [3.05, 3.63) is 35.5 Å². The Balaban J connectivity index is 1.51. The van der Waals surface area contributed by atoms with E-state index in [1.54, 1.807) is 11.8 Å². The van der Waals surface area contributed by atoms with Crippen LogP contribution in [0.25, 0.3) is 10.9 Å². The van der Waals surface area contributed by atoms with Crippen LogP contribution in [0.15, 0.2) is 29.2 Å². The van der Waals surface area contributed by atoms with Gasteiger partial charge in [-0.15, -0.1) is 11.8 Å². The van der Waals surface area contributed by atoms with Gasteiger partial charge >= 0.3 is 0 Å². The molecular formula is C23H30N2OS. The number of carbonyl (C=O) groups excluding carboxylic acids is 1. The van der Waals surface area contributed by atoms with Gasteiger partial charge in [0.15, 0.2) is 0 Å². The van der Waals surface area contributed by atoms with Crippen molar-refractivity contribution in [2.24, 2.45) is 11.8 Å². The van der Waals surface area contributed by atoms with E-state index in [9.17, 15) is 4.79 Å². The van der Waals surface area contributed by atoms with Crippen LogP contribution in [-0.2, 0) is 17.6 Å². The smallest absolute Gasteiger partial charge is 0.230 e. The number of amides is 1.